The zero-order chi connectivity index (χ0) is 41.7. The molecule has 6 rings (SSSR count). The Morgan fingerprint density at radius 2 is 1.60 bits per heavy atom. The molecule has 2 aliphatic heterocycles. The summed E-state index contributed by atoms with van der Waals surface area (Å²) in [7, 11) is 0. The first-order chi connectivity index (χ1) is 27.7. The van der Waals surface area contributed by atoms with Gasteiger partial charge >= 0.3 is 23.9 Å². The molecule has 2 aromatic heterocycles. The standard InChI is InChI=1S/C41H43ClN4O12/c1-6-26-17-43-41-35(26)36(42)31(18-44-41)27-9-7-11-29(15-27)46-14-13-45(19-33(46)51)34(52)21-54-30-12-8-10-28(16-30)37-39(56-24(4)49)40(57-25(5)50)38(55-23(3)48)32(58-37)20-53-22(2)47/h7-12,15-18,32,37-40H,6,13-14,19-21H2,1-5H3,(H,43,44)/t32-,37+,38-,39+,40+/m1/s1. The summed E-state index contributed by atoms with van der Waals surface area (Å²) in [5.41, 5.74) is 4.33. The zero-order valence-electron chi connectivity index (χ0n) is 32.5. The predicted molar refractivity (Wildman–Crippen MR) is 208 cm³/mol. The van der Waals surface area contributed by atoms with E-state index in [-0.39, 0.29) is 37.9 Å². The molecule has 4 aromatic rings. The number of ether oxygens (including phenoxy) is 6. The number of halogens is 1. The number of aryl methyl sites for hydroxylation is 1. The maximum Gasteiger partial charge on any atom is 0.303 e. The molecular formula is C41H43ClN4O12. The first kappa shape index (κ1) is 41.6. The average Bonchev–Trinajstić information content (AvgIpc) is 3.62. The van der Waals surface area contributed by atoms with Gasteiger partial charge in [-0.1, -0.05) is 42.8 Å². The molecule has 0 saturated carbocycles. The minimum Gasteiger partial charge on any atom is -0.484 e. The van der Waals surface area contributed by atoms with Gasteiger partial charge in [0.15, 0.2) is 24.9 Å². The molecule has 2 aromatic carbocycles. The molecule has 1 N–H and O–H groups in total. The van der Waals surface area contributed by atoms with Crippen LogP contribution in [-0.4, -0.2) is 108 Å². The monoisotopic (exact) mass is 818 g/mol. The molecule has 4 heterocycles. The molecule has 0 bridgehead atoms. The Bertz CT molecular complexity index is 2230. The average molecular weight is 819 g/mol. The van der Waals surface area contributed by atoms with Gasteiger partial charge in [0.1, 0.15) is 36.8 Å². The molecule has 58 heavy (non-hydrogen) atoms. The lowest BCUT2D eigenvalue weighted by molar-refractivity contribution is -0.254. The Morgan fingerprint density at radius 1 is 0.897 bits per heavy atom. The third-order valence-corrected chi connectivity index (χ3v) is 10.1. The molecule has 5 atom stereocenters. The van der Waals surface area contributed by atoms with Gasteiger partial charge in [0.2, 0.25) is 5.91 Å². The van der Waals surface area contributed by atoms with E-state index in [2.05, 4.69) is 9.97 Å². The van der Waals surface area contributed by atoms with E-state index in [1.807, 2.05) is 37.4 Å². The molecule has 17 heteroatoms. The first-order valence-corrected chi connectivity index (χ1v) is 19.0. The number of piperazine rings is 1. The molecule has 2 fully saturated rings. The van der Waals surface area contributed by atoms with Crippen molar-refractivity contribution >= 4 is 64.0 Å². The van der Waals surface area contributed by atoms with Crippen molar-refractivity contribution in [3.8, 4) is 16.9 Å². The van der Waals surface area contributed by atoms with E-state index in [0.29, 0.717) is 21.9 Å². The van der Waals surface area contributed by atoms with Crippen LogP contribution in [0, 0.1) is 0 Å². The molecule has 2 amide bonds. The van der Waals surface area contributed by atoms with Crippen LogP contribution in [0.2, 0.25) is 5.02 Å². The number of hydrogen-bond acceptors (Lipinski definition) is 13. The van der Waals surface area contributed by atoms with Crippen molar-refractivity contribution in [1.29, 1.82) is 0 Å². The van der Waals surface area contributed by atoms with E-state index in [0.717, 1.165) is 49.3 Å². The summed E-state index contributed by atoms with van der Waals surface area (Å²) >= 11 is 6.87. The number of esters is 4. The number of nitrogens with zero attached hydrogens (tertiary/aromatic N) is 3. The van der Waals surface area contributed by atoms with Gasteiger partial charge in [0.05, 0.1) is 5.02 Å². The summed E-state index contributed by atoms with van der Waals surface area (Å²) in [6, 6.07) is 13.8. The van der Waals surface area contributed by atoms with Crippen molar-refractivity contribution in [2.45, 2.75) is 71.6 Å². The molecule has 0 radical (unpaired) electrons. The number of aromatic nitrogens is 2. The number of amides is 2. The Hall–Kier alpha value is -6.00. The minimum atomic E-state index is -1.35. The fourth-order valence-corrected chi connectivity index (χ4v) is 7.48. The maximum absolute atomic E-state index is 13.4. The second-order valence-corrected chi connectivity index (χ2v) is 14.1. The van der Waals surface area contributed by atoms with E-state index in [9.17, 15) is 28.8 Å². The maximum atomic E-state index is 13.4. The highest BCUT2D eigenvalue weighted by molar-refractivity contribution is 6.38. The van der Waals surface area contributed by atoms with Crippen molar-refractivity contribution in [2.75, 3.05) is 37.7 Å². The Balaban J connectivity index is 1.14. The summed E-state index contributed by atoms with van der Waals surface area (Å²) < 4.78 is 33.9. The van der Waals surface area contributed by atoms with Crippen LogP contribution in [0.15, 0.2) is 60.9 Å². The van der Waals surface area contributed by atoms with Gasteiger partial charge in [-0.05, 0) is 47.4 Å². The van der Waals surface area contributed by atoms with E-state index >= 15 is 0 Å². The third kappa shape index (κ3) is 9.40. The summed E-state index contributed by atoms with van der Waals surface area (Å²) in [4.78, 5) is 85.9. The van der Waals surface area contributed by atoms with Gasteiger partial charge in [-0.2, -0.15) is 0 Å². The second-order valence-electron chi connectivity index (χ2n) is 13.8. The number of anilines is 1. The number of fused-ring (bicyclic) bond motifs is 1. The van der Waals surface area contributed by atoms with Crippen molar-refractivity contribution in [1.82, 2.24) is 14.9 Å². The zero-order valence-corrected chi connectivity index (χ0v) is 33.3. The topological polar surface area (TPSA) is 193 Å². The van der Waals surface area contributed by atoms with Gasteiger partial charge in [-0.3, -0.25) is 28.8 Å². The van der Waals surface area contributed by atoms with Gasteiger partial charge in [0.25, 0.3) is 5.91 Å². The van der Waals surface area contributed by atoms with Gasteiger partial charge in [-0.25, -0.2) is 4.98 Å². The number of benzene rings is 2. The molecule has 0 spiro atoms. The van der Waals surface area contributed by atoms with Crippen LogP contribution in [0.5, 0.6) is 5.75 Å². The lowest BCUT2D eigenvalue weighted by atomic mass is 9.90. The Labute approximate surface area is 338 Å². The van der Waals surface area contributed by atoms with E-state index in [4.69, 9.17) is 40.0 Å². The largest absolute Gasteiger partial charge is 0.484 e. The molecule has 2 saturated heterocycles. The fraction of sp³-hybridized carbons (Fsp3) is 0.390. The molecule has 0 aliphatic carbocycles. The fourth-order valence-electron chi connectivity index (χ4n) is 7.11. The molecule has 2 aliphatic rings. The Kier molecular flexibility index (Phi) is 13.0. The molecule has 0 unspecified atom stereocenters. The van der Waals surface area contributed by atoms with E-state index < -0.39 is 66.9 Å². The second kappa shape index (κ2) is 18.1. The lowest BCUT2D eigenvalue weighted by Crippen LogP contribution is -2.59. The van der Waals surface area contributed by atoms with Crippen LogP contribution in [0.4, 0.5) is 5.69 Å². The molecular weight excluding hydrogens is 776 g/mol. The van der Waals surface area contributed by atoms with Crippen molar-refractivity contribution in [3.63, 3.8) is 0 Å². The lowest BCUT2D eigenvalue weighted by Gasteiger charge is -2.44. The van der Waals surface area contributed by atoms with Crippen LogP contribution in [0.3, 0.4) is 0 Å². The Morgan fingerprint density at radius 3 is 2.29 bits per heavy atom. The quantitative estimate of drug-likeness (QED) is 0.155. The number of carbonyl (C=O) groups is 6. The number of pyridine rings is 1. The van der Waals surface area contributed by atoms with Crippen molar-refractivity contribution < 1.29 is 57.2 Å². The molecule has 16 nitrogen and oxygen atoms in total. The SMILES string of the molecule is CCc1c[nH]c2ncc(-c3cccc(N4CCN(C(=O)COc5cccc([C@@H]6O[C@H](COC(C)=O)[C@@H](OC(C)=O)[C@H](OC(C)=O)[C@H]6OC(C)=O)c5)CC4=O)c3)c(Cl)c12. The predicted octanol–water partition coefficient (Wildman–Crippen LogP) is 4.50. The minimum absolute atomic E-state index is 0.172. The third-order valence-electron chi connectivity index (χ3n) is 9.68. The summed E-state index contributed by atoms with van der Waals surface area (Å²) in [6.45, 7) is 6.20. The van der Waals surface area contributed by atoms with Crippen LogP contribution >= 0.6 is 11.6 Å². The first-order valence-electron chi connectivity index (χ1n) is 18.6. The number of H-pyrrole nitrogens is 1. The number of rotatable bonds is 12. The van der Waals surface area contributed by atoms with Crippen molar-refractivity contribution in [3.05, 3.63) is 77.1 Å². The summed E-state index contributed by atoms with van der Waals surface area (Å²) in [5, 5.41) is 1.44. The van der Waals surface area contributed by atoms with E-state index in [1.54, 1.807) is 35.4 Å². The van der Waals surface area contributed by atoms with Crippen molar-refractivity contribution in [2.24, 2.45) is 0 Å². The van der Waals surface area contributed by atoms with Crippen LogP contribution in [0.1, 0.15) is 51.8 Å². The highest BCUT2D eigenvalue weighted by Crippen LogP contribution is 2.39. The number of nitrogens with one attached hydrogen (secondary N) is 1. The van der Waals surface area contributed by atoms with Gasteiger partial charge in [0, 0.05) is 69.8 Å². The van der Waals surface area contributed by atoms with Gasteiger partial charge < -0.3 is 43.2 Å². The number of carbonyl (C=O) groups excluding carboxylic acids is 6. The van der Waals surface area contributed by atoms with Gasteiger partial charge in [-0.15, -0.1) is 0 Å². The highest BCUT2D eigenvalue weighted by atomic mass is 35.5. The summed E-state index contributed by atoms with van der Waals surface area (Å²) in [6.07, 6.45) is -1.87. The van der Waals surface area contributed by atoms with Crippen LogP contribution in [-0.2, 0) is 58.9 Å². The summed E-state index contributed by atoms with van der Waals surface area (Å²) in [5.74, 6) is -3.35. The highest BCUT2D eigenvalue weighted by Gasteiger charge is 2.52. The van der Waals surface area contributed by atoms with Crippen LogP contribution < -0.4 is 9.64 Å². The van der Waals surface area contributed by atoms with Crippen LogP contribution in [0.25, 0.3) is 22.2 Å². The number of aromatic amines is 1. The van der Waals surface area contributed by atoms with E-state index in [1.165, 1.54) is 11.8 Å². The molecule has 306 valence electrons. The number of hydrogen-bond donors (Lipinski definition) is 1. The normalized spacial score (nSPS) is 20.7. The smallest absolute Gasteiger partial charge is 0.303 e.